The van der Waals surface area contributed by atoms with Gasteiger partial charge in [0.1, 0.15) is 6.10 Å². The molecule has 112 valence electrons. The number of aliphatic hydroxyl groups is 2. The second kappa shape index (κ2) is 6.02. The smallest absolute Gasteiger partial charge is 0.161 e. The lowest BCUT2D eigenvalue weighted by atomic mass is 9.75. The summed E-state index contributed by atoms with van der Waals surface area (Å²) < 4.78 is 10.4. The van der Waals surface area contributed by atoms with Crippen LogP contribution in [0.5, 0.6) is 11.5 Å². The number of hydrogen-bond donors (Lipinski definition) is 2. The predicted molar refractivity (Wildman–Crippen MR) is 77.1 cm³/mol. The van der Waals surface area contributed by atoms with Gasteiger partial charge in [0, 0.05) is 0 Å². The van der Waals surface area contributed by atoms with E-state index in [9.17, 15) is 10.2 Å². The minimum absolute atomic E-state index is 0.567. The van der Waals surface area contributed by atoms with Crippen LogP contribution in [0.25, 0.3) is 0 Å². The molecule has 0 spiro atoms. The summed E-state index contributed by atoms with van der Waals surface area (Å²) in [5.41, 5.74) is -0.369. The zero-order valence-electron chi connectivity index (χ0n) is 12.4. The molecule has 0 heterocycles. The zero-order valence-corrected chi connectivity index (χ0v) is 12.4. The number of aliphatic hydroxyl groups excluding tert-OH is 1. The van der Waals surface area contributed by atoms with Crippen LogP contribution in [-0.4, -0.2) is 30.0 Å². The SMILES string of the molecule is COc1ccc(C(O)C2(O)CCC(C)CC2)cc1OC. The standard InChI is InChI=1S/C16H24O4/c1-11-6-8-16(18,9-7-11)15(17)12-4-5-13(19-2)14(10-12)20-3/h4-5,10-11,15,17-18H,6-9H2,1-3H3. The average molecular weight is 280 g/mol. The Morgan fingerprint density at radius 2 is 1.75 bits per heavy atom. The van der Waals surface area contributed by atoms with Crippen molar-refractivity contribution in [3.63, 3.8) is 0 Å². The van der Waals surface area contributed by atoms with Crippen molar-refractivity contribution in [1.82, 2.24) is 0 Å². The van der Waals surface area contributed by atoms with Gasteiger partial charge in [0.05, 0.1) is 19.8 Å². The molecular formula is C16H24O4. The maximum Gasteiger partial charge on any atom is 0.161 e. The molecule has 0 aliphatic heterocycles. The van der Waals surface area contributed by atoms with E-state index in [2.05, 4.69) is 6.92 Å². The number of methoxy groups -OCH3 is 2. The molecular weight excluding hydrogens is 256 g/mol. The Labute approximate surface area is 120 Å². The monoisotopic (exact) mass is 280 g/mol. The van der Waals surface area contributed by atoms with Crippen molar-refractivity contribution in [3.05, 3.63) is 23.8 Å². The zero-order chi connectivity index (χ0) is 14.8. The van der Waals surface area contributed by atoms with E-state index in [-0.39, 0.29) is 0 Å². The van der Waals surface area contributed by atoms with Crippen LogP contribution in [-0.2, 0) is 0 Å². The topological polar surface area (TPSA) is 58.9 Å². The number of rotatable bonds is 4. The molecule has 0 saturated heterocycles. The molecule has 0 amide bonds. The van der Waals surface area contributed by atoms with E-state index < -0.39 is 11.7 Å². The molecule has 2 N–H and O–H groups in total. The molecule has 2 rings (SSSR count). The van der Waals surface area contributed by atoms with Gasteiger partial charge in [0.15, 0.2) is 11.5 Å². The summed E-state index contributed by atoms with van der Waals surface area (Å²) in [4.78, 5) is 0. The average Bonchev–Trinajstić information content (AvgIpc) is 2.49. The summed E-state index contributed by atoms with van der Waals surface area (Å²) in [5, 5.41) is 21.2. The van der Waals surface area contributed by atoms with Crippen molar-refractivity contribution in [2.75, 3.05) is 14.2 Å². The van der Waals surface area contributed by atoms with Gasteiger partial charge in [0.2, 0.25) is 0 Å². The van der Waals surface area contributed by atoms with E-state index in [1.165, 1.54) is 0 Å². The van der Waals surface area contributed by atoms with E-state index in [4.69, 9.17) is 9.47 Å². The van der Waals surface area contributed by atoms with E-state index in [0.29, 0.717) is 35.8 Å². The summed E-state index contributed by atoms with van der Waals surface area (Å²) in [5.74, 6) is 1.80. The van der Waals surface area contributed by atoms with E-state index >= 15 is 0 Å². The third-order valence-electron chi connectivity index (χ3n) is 4.37. The summed E-state index contributed by atoms with van der Waals surface area (Å²) in [6.45, 7) is 2.18. The van der Waals surface area contributed by atoms with Crippen LogP contribution in [0.15, 0.2) is 18.2 Å². The van der Waals surface area contributed by atoms with Crippen LogP contribution >= 0.6 is 0 Å². The van der Waals surface area contributed by atoms with E-state index in [1.807, 2.05) is 0 Å². The van der Waals surface area contributed by atoms with E-state index in [1.54, 1.807) is 32.4 Å². The highest BCUT2D eigenvalue weighted by molar-refractivity contribution is 5.44. The third kappa shape index (κ3) is 2.91. The Balaban J connectivity index is 2.22. The number of hydrogen-bond acceptors (Lipinski definition) is 4. The molecule has 1 aliphatic rings. The lowest BCUT2D eigenvalue weighted by Gasteiger charge is -2.38. The molecule has 20 heavy (non-hydrogen) atoms. The van der Waals surface area contributed by atoms with Crippen LogP contribution in [0.1, 0.15) is 44.3 Å². The summed E-state index contributed by atoms with van der Waals surface area (Å²) in [7, 11) is 3.13. The van der Waals surface area contributed by atoms with Gasteiger partial charge in [-0.05, 0) is 49.3 Å². The lowest BCUT2D eigenvalue weighted by molar-refractivity contribution is -0.105. The van der Waals surface area contributed by atoms with Crippen LogP contribution in [0, 0.1) is 5.92 Å². The van der Waals surface area contributed by atoms with Crippen molar-refractivity contribution in [3.8, 4) is 11.5 Å². The van der Waals surface area contributed by atoms with Crippen molar-refractivity contribution < 1.29 is 19.7 Å². The molecule has 1 aliphatic carbocycles. The van der Waals surface area contributed by atoms with Gasteiger partial charge in [-0.25, -0.2) is 0 Å². The lowest BCUT2D eigenvalue weighted by Crippen LogP contribution is -2.39. The molecule has 1 atom stereocenters. The molecule has 1 aromatic carbocycles. The molecule has 1 saturated carbocycles. The molecule has 1 unspecified atom stereocenters. The first-order valence-corrected chi connectivity index (χ1v) is 7.12. The molecule has 0 radical (unpaired) electrons. The fourth-order valence-corrected chi connectivity index (χ4v) is 2.87. The van der Waals surface area contributed by atoms with Crippen molar-refractivity contribution in [2.45, 2.75) is 44.3 Å². The normalized spacial score (nSPS) is 27.9. The van der Waals surface area contributed by atoms with Gasteiger partial charge in [-0.3, -0.25) is 0 Å². The van der Waals surface area contributed by atoms with Crippen molar-refractivity contribution >= 4 is 0 Å². The second-order valence-electron chi connectivity index (χ2n) is 5.80. The molecule has 4 nitrogen and oxygen atoms in total. The van der Waals surface area contributed by atoms with Gasteiger partial charge in [-0.2, -0.15) is 0 Å². The summed E-state index contributed by atoms with van der Waals surface area (Å²) >= 11 is 0. The first kappa shape index (κ1) is 15.1. The molecule has 1 aromatic rings. The van der Waals surface area contributed by atoms with Crippen LogP contribution < -0.4 is 9.47 Å². The van der Waals surface area contributed by atoms with Gasteiger partial charge in [-0.1, -0.05) is 13.0 Å². The van der Waals surface area contributed by atoms with Gasteiger partial charge in [0.25, 0.3) is 0 Å². The highest BCUT2D eigenvalue weighted by atomic mass is 16.5. The summed E-state index contributed by atoms with van der Waals surface area (Å²) in [6, 6.07) is 5.27. The quantitative estimate of drug-likeness (QED) is 0.890. The number of ether oxygens (including phenoxy) is 2. The van der Waals surface area contributed by atoms with Crippen LogP contribution in [0.3, 0.4) is 0 Å². The maximum absolute atomic E-state index is 10.7. The fourth-order valence-electron chi connectivity index (χ4n) is 2.87. The predicted octanol–water partition coefficient (Wildman–Crippen LogP) is 2.68. The maximum atomic E-state index is 10.7. The Kier molecular flexibility index (Phi) is 4.55. The minimum atomic E-state index is -1.04. The first-order chi connectivity index (χ1) is 9.50. The van der Waals surface area contributed by atoms with Gasteiger partial charge >= 0.3 is 0 Å². The van der Waals surface area contributed by atoms with Crippen molar-refractivity contribution in [2.24, 2.45) is 5.92 Å². The molecule has 1 fully saturated rings. The molecule has 0 aromatic heterocycles. The Morgan fingerprint density at radius 1 is 1.15 bits per heavy atom. The second-order valence-corrected chi connectivity index (χ2v) is 5.80. The van der Waals surface area contributed by atoms with Gasteiger partial charge < -0.3 is 19.7 Å². The molecule has 4 heteroatoms. The van der Waals surface area contributed by atoms with Crippen LogP contribution in [0.4, 0.5) is 0 Å². The largest absolute Gasteiger partial charge is 0.493 e. The summed E-state index contributed by atoms with van der Waals surface area (Å²) in [6.07, 6.45) is 2.25. The third-order valence-corrected chi connectivity index (χ3v) is 4.37. The minimum Gasteiger partial charge on any atom is -0.493 e. The highest BCUT2D eigenvalue weighted by Gasteiger charge is 2.39. The Morgan fingerprint density at radius 3 is 2.30 bits per heavy atom. The highest BCUT2D eigenvalue weighted by Crippen LogP contribution is 2.41. The van der Waals surface area contributed by atoms with Crippen molar-refractivity contribution in [1.29, 1.82) is 0 Å². The Hall–Kier alpha value is -1.26. The first-order valence-electron chi connectivity index (χ1n) is 7.12. The van der Waals surface area contributed by atoms with Gasteiger partial charge in [-0.15, -0.1) is 0 Å². The fraction of sp³-hybridized carbons (Fsp3) is 0.625. The Bertz CT molecular complexity index is 450. The number of benzene rings is 1. The van der Waals surface area contributed by atoms with Crippen LogP contribution in [0.2, 0.25) is 0 Å². The van der Waals surface area contributed by atoms with E-state index in [0.717, 1.165) is 12.8 Å². The molecule has 0 bridgehead atoms.